The SMILES string of the molecule is CCC1(N2CCN(C(C)c3ccc4nccnc4c3)CC2)NC=C(C(=O)O)S1. The smallest absolute Gasteiger partial charge is 0.343 e. The lowest BCUT2D eigenvalue weighted by Gasteiger charge is -2.46. The highest BCUT2D eigenvalue weighted by molar-refractivity contribution is 8.05. The number of rotatable bonds is 5. The number of thioether (sulfide) groups is 1. The summed E-state index contributed by atoms with van der Waals surface area (Å²) < 4.78 is 0. The highest BCUT2D eigenvalue weighted by atomic mass is 32.2. The van der Waals surface area contributed by atoms with Crippen LogP contribution in [0.3, 0.4) is 0 Å². The molecule has 0 amide bonds. The van der Waals surface area contributed by atoms with Gasteiger partial charge in [-0.05, 0) is 31.0 Å². The molecule has 0 saturated carbocycles. The molecule has 148 valence electrons. The second kappa shape index (κ2) is 7.69. The van der Waals surface area contributed by atoms with Gasteiger partial charge in [-0.3, -0.25) is 19.8 Å². The number of fused-ring (bicyclic) bond motifs is 1. The first-order valence-electron chi connectivity index (χ1n) is 9.62. The minimum atomic E-state index is -0.862. The number of hydrogen-bond donors (Lipinski definition) is 2. The third-order valence-corrected chi connectivity index (χ3v) is 7.26. The van der Waals surface area contributed by atoms with Gasteiger partial charge >= 0.3 is 5.97 Å². The van der Waals surface area contributed by atoms with Crippen molar-refractivity contribution >= 4 is 28.8 Å². The lowest BCUT2D eigenvalue weighted by Crippen LogP contribution is -2.59. The van der Waals surface area contributed by atoms with Gasteiger partial charge in [-0.15, -0.1) is 0 Å². The Labute approximate surface area is 168 Å². The minimum absolute atomic E-state index is 0.294. The third-order valence-electron chi connectivity index (χ3n) is 5.75. The molecule has 0 aliphatic carbocycles. The standard InChI is InChI=1S/C20H25N5O2S/c1-3-20(23-13-18(28-20)19(26)27)25-10-8-24(9-11-25)14(2)15-4-5-16-17(12-15)22-7-6-21-16/h4-7,12-14,23H,3,8-11H2,1-2H3,(H,26,27). The summed E-state index contributed by atoms with van der Waals surface area (Å²) in [5.41, 5.74) is 3.09. The van der Waals surface area contributed by atoms with Crippen molar-refractivity contribution < 1.29 is 9.90 Å². The number of nitrogens with one attached hydrogen (secondary N) is 1. The van der Waals surface area contributed by atoms with Crippen LogP contribution < -0.4 is 5.32 Å². The van der Waals surface area contributed by atoms with Crippen molar-refractivity contribution in [3.8, 4) is 0 Å². The summed E-state index contributed by atoms with van der Waals surface area (Å²) in [6.45, 7) is 8.00. The Bertz CT molecular complexity index is 912. The lowest BCUT2D eigenvalue weighted by molar-refractivity contribution is -0.131. The summed E-state index contributed by atoms with van der Waals surface area (Å²) in [6, 6.07) is 6.60. The first-order chi connectivity index (χ1) is 13.5. The van der Waals surface area contributed by atoms with Crippen LogP contribution in [0.4, 0.5) is 0 Å². The second-order valence-corrected chi connectivity index (χ2v) is 8.52. The molecule has 8 heteroatoms. The highest BCUT2D eigenvalue weighted by Gasteiger charge is 2.42. The molecule has 2 aromatic rings. The zero-order valence-corrected chi connectivity index (χ0v) is 16.9. The molecule has 0 bridgehead atoms. The number of benzene rings is 1. The molecule has 4 rings (SSSR count). The number of carbonyl (C=O) groups is 1. The van der Waals surface area contributed by atoms with E-state index < -0.39 is 5.97 Å². The van der Waals surface area contributed by atoms with Crippen molar-refractivity contribution in [2.75, 3.05) is 26.2 Å². The van der Waals surface area contributed by atoms with Crippen LogP contribution in [0.25, 0.3) is 11.0 Å². The summed E-state index contributed by atoms with van der Waals surface area (Å²) in [7, 11) is 0. The number of hydrogen-bond acceptors (Lipinski definition) is 7. The van der Waals surface area contributed by atoms with E-state index in [0.29, 0.717) is 10.9 Å². The van der Waals surface area contributed by atoms with Crippen LogP contribution in [0.15, 0.2) is 41.7 Å². The molecule has 28 heavy (non-hydrogen) atoms. The summed E-state index contributed by atoms with van der Waals surface area (Å²) in [6.07, 6.45) is 5.92. The number of carboxylic acids is 1. The Morgan fingerprint density at radius 2 is 1.96 bits per heavy atom. The van der Waals surface area contributed by atoms with Gasteiger partial charge < -0.3 is 10.4 Å². The Hall–Kier alpha value is -2.16. The molecule has 2 atom stereocenters. The van der Waals surface area contributed by atoms with Crippen molar-refractivity contribution in [3.63, 3.8) is 0 Å². The lowest BCUT2D eigenvalue weighted by atomic mass is 10.0. The van der Waals surface area contributed by atoms with E-state index in [2.05, 4.69) is 51.1 Å². The summed E-state index contributed by atoms with van der Waals surface area (Å²) in [5.74, 6) is -0.862. The molecule has 2 N–H and O–H groups in total. The fraction of sp³-hybridized carbons (Fsp3) is 0.450. The van der Waals surface area contributed by atoms with Crippen LogP contribution in [-0.4, -0.2) is 62.0 Å². The maximum Gasteiger partial charge on any atom is 0.343 e. The van der Waals surface area contributed by atoms with E-state index in [0.717, 1.165) is 43.6 Å². The Morgan fingerprint density at radius 3 is 2.61 bits per heavy atom. The predicted octanol–water partition coefficient (Wildman–Crippen LogP) is 2.63. The van der Waals surface area contributed by atoms with Gasteiger partial charge in [-0.25, -0.2) is 4.79 Å². The molecular weight excluding hydrogens is 374 g/mol. The van der Waals surface area contributed by atoms with Gasteiger partial charge in [0, 0.05) is 50.8 Å². The first kappa shape index (κ1) is 19.2. The van der Waals surface area contributed by atoms with Crippen molar-refractivity contribution in [2.24, 2.45) is 0 Å². The van der Waals surface area contributed by atoms with E-state index in [4.69, 9.17) is 0 Å². The molecule has 1 aromatic carbocycles. The maximum atomic E-state index is 11.3. The molecular formula is C20H25N5O2S. The molecule has 7 nitrogen and oxygen atoms in total. The zero-order valence-electron chi connectivity index (χ0n) is 16.1. The van der Waals surface area contributed by atoms with Crippen LogP contribution in [0.2, 0.25) is 0 Å². The van der Waals surface area contributed by atoms with Gasteiger partial charge in [-0.2, -0.15) is 0 Å². The quantitative estimate of drug-likeness (QED) is 0.794. The van der Waals surface area contributed by atoms with E-state index >= 15 is 0 Å². The third kappa shape index (κ3) is 3.47. The number of carboxylic acid groups (broad SMARTS) is 1. The predicted molar refractivity (Wildman–Crippen MR) is 111 cm³/mol. The van der Waals surface area contributed by atoms with Gasteiger partial charge in [0.05, 0.1) is 11.0 Å². The van der Waals surface area contributed by atoms with Crippen molar-refractivity contribution in [2.45, 2.75) is 31.3 Å². The molecule has 2 aliphatic rings. The average Bonchev–Trinajstić information content (AvgIpc) is 3.19. The van der Waals surface area contributed by atoms with Crippen molar-refractivity contribution in [1.29, 1.82) is 0 Å². The van der Waals surface area contributed by atoms with Crippen LogP contribution in [0.5, 0.6) is 0 Å². The number of piperazine rings is 1. The van der Waals surface area contributed by atoms with Gasteiger partial charge in [-0.1, -0.05) is 24.8 Å². The molecule has 2 unspecified atom stereocenters. The molecule has 3 heterocycles. The Kier molecular flexibility index (Phi) is 5.27. The molecule has 2 aliphatic heterocycles. The van der Waals surface area contributed by atoms with Crippen LogP contribution in [0, 0.1) is 0 Å². The zero-order chi connectivity index (χ0) is 19.7. The molecule has 0 spiro atoms. The van der Waals surface area contributed by atoms with Crippen LogP contribution in [0.1, 0.15) is 31.9 Å². The van der Waals surface area contributed by atoms with Crippen molar-refractivity contribution in [1.82, 2.24) is 25.1 Å². The van der Waals surface area contributed by atoms with E-state index in [1.165, 1.54) is 17.3 Å². The summed E-state index contributed by atoms with van der Waals surface area (Å²) in [5, 5.41) is 12.6. The largest absolute Gasteiger partial charge is 0.477 e. The normalized spacial score (nSPS) is 24.7. The van der Waals surface area contributed by atoms with Gasteiger partial charge in [0.1, 0.15) is 9.90 Å². The molecule has 1 aromatic heterocycles. The Balaban J connectivity index is 1.42. The van der Waals surface area contributed by atoms with Crippen molar-refractivity contribution in [3.05, 3.63) is 47.3 Å². The van der Waals surface area contributed by atoms with E-state index in [1.807, 2.05) is 6.07 Å². The molecule has 1 fully saturated rings. The first-order valence-corrected chi connectivity index (χ1v) is 10.4. The number of aliphatic carboxylic acids is 1. The van der Waals surface area contributed by atoms with Gasteiger partial charge in [0.2, 0.25) is 0 Å². The summed E-state index contributed by atoms with van der Waals surface area (Å²) in [4.78, 5) is 25.0. The maximum absolute atomic E-state index is 11.3. The van der Waals surface area contributed by atoms with Crippen LogP contribution >= 0.6 is 11.8 Å². The fourth-order valence-corrected chi connectivity index (χ4v) is 5.14. The van der Waals surface area contributed by atoms with E-state index in [-0.39, 0.29) is 4.99 Å². The van der Waals surface area contributed by atoms with E-state index in [9.17, 15) is 9.90 Å². The number of aromatic nitrogens is 2. The number of nitrogens with zero attached hydrogens (tertiary/aromatic N) is 4. The monoisotopic (exact) mass is 399 g/mol. The van der Waals surface area contributed by atoms with E-state index in [1.54, 1.807) is 18.6 Å². The second-order valence-electron chi connectivity index (χ2n) is 7.20. The van der Waals surface area contributed by atoms with Gasteiger partial charge in [0.25, 0.3) is 0 Å². The van der Waals surface area contributed by atoms with Crippen LogP contribution in [-0.2, 0) is 4.79 Å². The fourth-order valence-electron chi connectivity index (χ4n) is 4.00. The summed E-state index contributed by atoms with van der Waals surface area (Å²) >= 11 is 1.42. The topological polar surface area (TPSA) is 81.6 Å². The molecule has 1 saturated heterocycles. The Morgan fingerprint density at radius 1 is 1.25 bits per heavy atom. The minimum Gasteiger partial charge on any atom is -0.477 e. The molecule has 0 radical (unpaired) electrons. The highest BCUT2D eigenvalue weighted by Crippen LogP contribution is 2.41. The van der Waals surface area contributed by atoms with Gasteiger partial charge in [0.15, 0.2) is 0 Å². The average molecular weight is 400 g/mol.